The Morgan fingerprint density at radius 3 is 2.55 bits per heavy atom. The zero-order valence-electron chi connectivity index (χ0n) is 16.8. The van der Waals surface area contributed by atoms with Crippen LogP contribution in [0, 0.1) is 16.0 Å². The SMILES string of the molecule is O=[N+]([O-])c1ccc2c(c1)[C@@H]1C=CC[C@@H]1[C@H](c1ccc(S(=O)(=O)N3CCOCC3)cc1)N2. The van der Waals surface area contributed by atoms with Gasteiger partial charge in [-0.1, -0.05) is 24.3 Å². The standard InChI is InChI=1S/C22H23N3O5S/c26-25(27)16-6-9-21-20(14-16)18-2-1-3-19(18)22(23-21)15-4-7-17(8-5-15)31(28,29)24-10-12-30-13-11-24/h1-2,4-9,14,18-19,22-23H,3,10-13H2/t18-,19+,22+/m1/s1. The molecular formula is C22H23N3O5S. The number of fused-ring (bicyclic) bond motifs is 3. The summed E-state index contributed by atoms with van der Waals surface area (Å²) in [5, 5.41) is 14.7. The molecule has 0 bridgehead atoms. The summed E-state index contributed by atoms with van der Waals surface area (Å²) in [5.74, 6) is 0.314. The molecule has 1 aliphatic carbocycles. The molecule has 5 rings (SSSR count). The number of allylic oxidation sites excluding steroid dienone is 2. The van der Waals surface area contributed by atoms with E-state index in [0.717, 1.165) is 23.2 Å². The molecule has 2 heterocycles. The van der Waals surface area contributed by atoms with Crippen molar-refractivity contribution in [3.8, 4) is 0 Å². The van der Waals surface area contributed by atoms with Crippen LogP contribution in [0.4, 0.5) is 11.4 Å². The third-order valence-electron chi connectivity index (χ3n) is 6.40. The van der Waals surface area contributed by atoms with E-state index in [1.807, 2.05) is 12.1 Å². The summed E-state index contributed by atoms with van der Waals surface area (Å²) in [6.07, 6.45) is 5.10. The maximum absolute atomic E-state index is 12.9. The molecule has 3 aliphatic rings. The quantitative estimate of drug-likeness (QED) is 0.443. The Bertz CT molecular complexity index is 1140. The van der Waals surface area contributed by atoms with E-state index in [0.29, 0.717) is 26.3 Å². The third-order valence-corrected chi connectivity index (χ3v) is 8.32. The number of ether oxygens (including phenoxy) is 1. The number of anilines is 1. The van der Waals surface area contributed by atoms with Gasteiger partial charge in [0.2, 0.25) is 10.0 Å². The minimum absolute atomic E-state index is 0.00547. The molecule has 1 N–H and O–H groups in total. The third kappa shape index (κ3) is 3.52. The molecule has 3 atom stereocenters. The second-order valence-electron chi connectivity index (χ2n) is 8.09. The number of nitrogens with one attached hydrogen (secondary N) is 1. The van der Waals surface area contributed by atoms with E-state index in [2.05, 4.69) is 17.5 Å². The van der Waals surface area contributed by atoms with Gasteiger partial charge in [0.1, 0.15) is 0 Å². The Hall–Kier alpha value is -2.75. The summed E-state index contributed by atoms with van der Waals surface area (Å²) in [5.41, 5.74) is 2.92. The second kappa shape index (κ2) is 7.74. The van der Waals surface area contributed by atoms with Crippen molar-refractivity contribution in [1.82, 2.24) is 4.31 Å². The molecule has 0 radical (unpaired) electrons. The summed E-state index contributed by atoms with van der Waals surface area (Å²) in [4.78, 5) is 11.1. The lowest BCUT2D eigenvalue weighted by molar-refractivity contribution is -0.384. The van der Waals surface area contributed by atoms with Gasteiger partial charge in [-0.15, -0.1) is 0 Å². The number of sulfonamides is 1. The fourth-order valence-electron chi connectivity index (χ4n) is 4.81. The van der Waals surface area contributed by atoms with Crippen molar-refractivity contribution in [2.45, 2.75) is 23.3 Å². The lowest BCUT2D eigenvalue weighted by Crippen LogP contribution is -2.40. The summed E-state index contributed by atoms with van der Waals surface area (Å²) in [6, 6.07) is 12.0. The van der Waals surface area contributed by atoms with Gasteiger partial charge in [0.05, 0.1) is 29.1 Å². The molecule has 2 aromatic carbocycles. The molecule has 162 valence electrons. The van der Waals surface area contributed by atoms with Crippen LogP contribution in [0.3, 0.4) is 0 Å². The van der Waals surface area contributed by atoms with Gasteiger partial charge >= 0.3 is 0 Å². The number of benzene rings is 2. The predicted molar refractivity (Wildman–Crippen MR) is 115 cm³/mol. The highest BCUT2D eigenvalue weighted by molar-refractivity contribution is 7.89. The smallest absolute Gasteiger partial charge is 0.269 e. The van der Waals surface area contributed by atoms with Crippen molar-refractivity contribution < 1.29 is 18.1 Å². The summed E-state index contributed by atoms with van der Waals surface area (Å²) in [6.45, 7) is 1.56. The lowest BCUT2D eigenvalue weighted by atomic mass is 9.77. The van der Waals surface area contributed by atoms with Gasteiger partial charge < -0.3 is 10.1 Å². The van der Waals surface area contributed by atoms with Gasteiger partial charge in [-0.25, -0.2) is 8.42 Å². The summed E-state index contributed by atoms with van der Waals surface area (Å²) >= 11 is 0. The number of rotatable bonds is 4. The zero-order chi connectivity index (χ0) is 21.6. The van der Waals surface area contributed by atoms with Crippen LogP contribution in [0.25, 0.3) is 0 Å². The van der Waals surface area contributed by atoms with Gasteiger partial charge in [0, 0.05) is 36.8 Å². The molecule has 2 aromatic rings. The van der Waals surface area contributed by atoms with Crippen LogP contribution in [0.1, 0.15) is 29.5 Å². The largest absolute Gasteiger partial charge is 0.379 e. The maximum atomic E-state index is 12.9. The van der Waals surface area contributed by atoms with Crippen LogP contribution < -0.4 is 5.32 Å². The number of morpholine rings is 1. The average Bonchev–Trinajstić information content (AvgIpc) is 3.29. The molecular weight excluding hydrogens is 418 g/mol. The number of nitrogens with zero attached hydrogens (tertiary/aromatic N) is 2. The Morgan fingerprint density at radius 1 is 1.10 bits per heavy atom. The molecule has 8 nitrogen and oxygen atoms in total. The number of nitro groups is 1. The first-order chi connectivity index (χ1) is 14.9. The van der Waals surface area contributed by atoms with Crippen LogP contribution in [0.5, 0.6) is 0 Å². The van der Waals surface area contributed by atoms with Crippen molar-refractivity contribution >= 4 is 21.4 Å². The molecule has 31 heavy (non-hydrogen) atoms. The van der Waals surface area contributed by atoms with E-state index in [-0.39, 0.29) is 33.4 Å². The molecule has 0 saturated carbocycles. The average molecular weight is 442 g/mol. The van der Waals surface area contributed by atoms with Crippen molar-refractivity contribution in [3.05, 3.63) is 75.9 Å². The molecule has 1 saturated heterocycles. The van der Waals surface area contributed by atoms with Gasteiger partial charge in [-0.2, -0.15) is 4.31 Å². The Kier molecular flexibility index (Phi) is 5.04. The highest BCUT2D eigenvalue weighted by Crippen LogP contribution is 2.50. The van der Waals surface area contributed by atoms with Crippen LogP contribution in [0.15, 0.2) is 59.5 Å². The molecule has 0 amide bonds. The monoisotopic (exact) mass is 441 g/mol. The zero-order valence-corrected chi connectivity index (χ0v) is 17.6. The van der Waals surface area contributed by atoms with Gasteiger partial charge in [-0.3, -0.25) is 10.1 Å². The van der Waals surface area contributed by atoms with E-state index >= 15 is 0 Å². The number of hydrogen-bond acceptors (Lipinski definition) is 6. The van der Waals surface area contributed by atoms with Crippen molar-refractivity contribution in [3.63, 3.8) is 0 Å². The first-order valence-electron chi connectivity index (χ1n) is 10.3. The second-order valence-corrected chi connectivity index (χ2v) is 10.0. The Labute approximate surface area is 180 Å². The number of hydrogen-bond donors (Lipinski definition) is 1. The minimum atomic E-state index is -3.53. The lowest BCUT2D eigenvalue weighted by Gasteiger charge is -2.37. The molecule has 0 aromatic heterocycles. The van der Waals surface area contributed by atoms with Crippen molar-refractivity contribution in [1.29, 1.82) is 0 Å². The van der Waals surface area contributed by atoms with Crippen LogP contribution >= 0.6 is 0 Å². The highest BCUT2D eigenvalue weighted by Gasteiger charge is 2.38. The van der Waals surface area contributed by atoms with Gasteiger partial charge in [0.15, 0.2) is 0 Å². The van der Waals surface area contributed by atoms with E-state index < -0.39 is 10.0 Å². The maximum Gasteiger partial charge on any atom is 0.269 e. The van der Waals surface area contributed by atoms with E-state index in [1.54, 1.807) is 24.3 Å². The van der Waals surface area contributed by atoms with Crippen molar-refractivity contribution in [2.24, 2.45) is 5.92 Å². The van der Waals surface area contributed by atoms with Crippen LogP contribution in [-0.4, -0.2) is 43.9 Å². The topological polar surface area (TPSA) is 102 Å². The first kappa shape index (κ1) is 20.2. The van der Waals surface area contributed by atoms with E-state index in [1.165, 1.54) is 10.4 Å². The molecule has 1 fully saturated rings. The van der Waals surface area contributed by atoms with E-state index in [9.17, 15) is 18.5 Å². The summed E-state index contributed by atoms with van der Waals surface area (Å²) in [7, 11) is -3.53. The van der Waals surface area contributed by atoms with E-state index in [4.69, 9.17) is 4.74 Å². The van der Waals surface area contributed by atoms with Gasteiger partial charge in [-0.05, 0) is 41.7 Å². The molecule has 0 unspecified atom stereocenters. The fraction of sp³-hybridized carbons (Fsp3) is 0.364. The predicted octanol–water partition coefficient (Wildman–Crippen LogP) is 3.44. The van der Waals surface area contributed by atoms with Crippen molar-refractivity contribution in [2.75, 3.05) is 31.6 Å². The van der Waals surface area contributed by atoms with Crippen LogP contribution in [-0.2, 0) is 14.8 Å². The fourth-order valence-corrected chi connectivity index (χ4v) is 6.22. The number of nitro benzene ring substituents is 1. The molecule has 2 aliphatic heterocycles. The Morgan fingerprint density at radius 2 is 1.84 bits per heavy atom. The highest BCUT2D eigenvalue weighted by atomic mass is 32.2. The number of non-ortho nitro benzene ring substituents is 1. The summed E-state index contributed by atoms with van der Waals surface area (Å²) < 4.78 is 32.5. The molecule has 0 spiro atoms. The Balaban J connectivity index is 1.44. The normalized spacial score (nSPS) is 25.5. The molecule has 9 heteroatoms. The van der Waals surface area contributed by atoms with Gasteiger partial charge in [0.25, 0.3) is 5.69 Å². The van der Waals surface area contributed by atoms with Crippen LogP contribution in [0.2, 0.25) is 0 Å². The minimum Gasteiger partial charge on any atom is -0.379 e. The first-order valence-corrected chi connectivity index (χ1v) is 11.8.